The highest BCUT2D eigenvalue weighted by atomic mass is 19.1. The summed E-state index contributed by atoms with van der Waals surface area (Å²) in [5.41, 5.74) is 0.727. The number of benzene rings is 2. The lowest BCUT2D eigenvalue weighted by molar-refractivity contribution is 0.574. The highest BCUT2D eigenvalue weighted by Crippen LogP contribution is 2.43. The van der Waals surface area contributed by atoms with E-state index in [9.17, 15) is 13.2 Å². The van der Waals surface area contributed by atoms with Crippen LogP contribution in [0.15, 0.2) is 42.5 Å². The smallest absolute Gasteiger partial charge is 0.149 e. The molecule has 0 bridgehead atoms. The van der Waals surface area contributed by atoms with Gasteiger partial charge in [-0.1, -0.05) is 18.2 Å². The number of para-hydroxylation sites is 1. The average molecular weight is 277 g/mol. The maximum absolute atomic E-state index is 13.7. The van der Waals surface area contributed by atoms with E-state index in [2.05, 4.69) is 5.32 Å². The highest BCUT2D eigenvalue weighted by Gasteiger charge is 2.33. The number of halogens is 3. The molecule has 2 aromatic rings. The summed E-state index contributed by atoms with van der Waals surface area (Å²) >= 11 is 0. The molecular weight excluding hydrogens is 263 g/mol. The van der Waals surface area contributed by atoms with Crippen LogP contribution >= 0.6 is 0 Å². The van der Waals surface area contributed by atoms with Gasteiger partial charge in [-0.25, -0.2) is 13.2 Å². The van der Waals surface area contributed by atoms with Gasteiger partial charge >= 0.3 is 0 Å². The third-order valence-corrected chi connectivity index (χ3v) is 3.59. The van der Waals surface area contributed by atoms with Gasteiger partial charge < -0.3 is 5.32 Å². The van der Waals surface area contributed by atoms with Crippen molar-refractivity contribution in [2.24, 2.45) is 5.92 Å². The molecule has 0 aromatic heterocycles. The predicted molar refractivity (Wildman–Crippen MR) is 71.8 cm³/mol. The number of nitrogens with one attached hydrogen (secondary N) is 1. The summed E-state index contributed by atoms with van der Waals surface area (Å²) in [4.78, 5) is 0. The number of hydrogen-bond donors (Lipinski definition) is 1. The molecule has 1 saturated carbocycles. The molecule has 1 aliphatic carbocycles. The maximum Gasteiger partial charge on any atom is 0.149 e. The highest BCUT2D eigenvalue weighted by molar-refractivity contribution is 5.48. The summed E-state index contributed by atoms with van der Waals surface area (Å²) in [6.45, 7) is 0. The fraction of sp³-hybridized carbons (Fsp3) is 0.250. The molecule has 1 nitrogen and oxygen atoms in total. The Balaban J connectivity index is 1.90. The van der Waals surface area contributed by atoms with Gasteiger partial charge in [-0.05, 0) is 48.6 Å². The molecule has 20 heavy (non-hydrogen) atoms. The summed E-state index contributed by atoms with van der Waals surface area (Å²) in [5, 5.41) is 2.94. The van der Waals surface area contributed by atoms with Crippen LogP contribution in [-0.4, -0.2) is 0 Å². The number of rotatable bonds is 4. The quantitative estimate of drug-likeness (QED) is 0.856. The van der Waals surface area contributed by atoms with Gasteiger partial charge in [0.15, 0.2) is 0 Å². The van der Waals surface area contributed by atoms with Crippen molar-refractivity contribution in [2.75, 3.05) is 5.32 Å². The molecule has 0 aliphatic heterocycles. The molecule has 1 unspecified atom stereocenters. The fourth-order valence-corrected chi connectivity index (χ4v) is 2.36. The zero-order valence-corrected chi connectivity index (χ0v) is 10.7. The van der Waals surface area contributed by atoms with Crippen LogP contribution in [0.25, 0.3) is 0 Å². The van der Waals surface area contributed by atoms with E-state index >= 15 is 0 Å². The second-order valence-corrected chi connectivity index (χ2v) is 5.11. The van der Waals surface area contributed by atoms with Crippen LogP contribution in [0.4, 0.5) is 18.9 Å². The monoisotopic (exact) mass is 277 g/mol. The van der Waals surface area contributed by atoms with E-state index < -0.39 is 11.6 Å². The zero-order chi connectivity index (χ0) is 14.1. The Bertz CT molecular complexity index is 585. The van der Waals surface area contributed by atoms with Crippen LogP contribution in [0.3, 0.4) is 0 Å². The lowest BCUT2D eigenvalue weighted by atomic mass is 10.0. The maximum atomic E-state index is 13.7. The summed E-state index contributed by atoms with van der Waals surface area (Å²) in [6, 6.07) is 9.63. The topological polar surface area (TPSA) is 12.0 Å². The van der Waals surface area contributed by atoms with Crippen LogP contribution in [0.1, 0.15) is 24.4 Å². The second kappa shape index (κ2) is 5.19. The van der Waals surface area contributed by atoms with Crippen molar-refractivity contribution in [3.8, 4) is 0 Å². The van der Waals surface area contributed by atoms with Crippen molar-refractivity contribution in [3.63, 3.8) is 0 Å². The van der Waals surface area contributed by atoms with E-state index in [4.69, 9.17) is 0 Å². The minimum absolute atomic E-state index is 0.117. The van der Waals surface area contributed by atoms with E-state index in [1.165, 1.54) is 30.3 Å². The van der Waals surface area contributed by atoms with Gasteiger partial charge in [0.25, 0.3) is 0 Å². The van der Waals surface area contributed by atoms with Gasteiger partial charge in [-0.2, -0.15) is 0 Å². The van der Waals surface area contributed by atoms with E-state index in [0.29, 0.717) is 5.92 Å². The normalized spacial score (nSPS) is 15.9. The third-order valence-electron chi connectivity index (χ3n) is 3.59. The third kappa shape index (κ3) is 2.64. The van der Waals surface area contributed by atoms with Crippen LogP contribution in [0, 0.1) is 23.4 Å². The van der Waals surface area contributed by atoms with Crippen molar-refractivity contribution in [3.05, 3.63) is 65.5 Å². The molecule has 1 atom stereocenters. The SMILES string of the molecule is Fc1ccc(C(Nc2c(F)cccc2F)C2CC2)cc1. The molecule has 1 aliphatic rings. The van der Waals surface area contributed by atoms with Gasteiger partial charge in [0.05, 0.1) is 6.04 Å². The first kappa shape index (κ1) is 13.0. The Kier molecular flexibility index (Phi) is 3.38. The van der Waals surface area contributed by atoms with Crippen molar-refractivity contribution < 1.29 is 13.2 Å². The first-order valence-electron chi connectivity index (χ1n) is 6.61. The van der Waals surface area contributed by atoms with Crippen LogP contribution in [0.5, 0.6) is 0 Å². The van der Waals surface area contributed by atoms with Gasteiger partial charge in [-0.3, -0.25) is 0 Å². The number of anilines is 1. The van der Waals surface area contributed by atoms with Gasteiger partial charge in [0.1, 0.15) is 23.1 Å². The molecule has 0 radical (unpaired) electrons. The summed E-state index contributed by atoms with van der Waals surface area (Å²) in [5.74, 6) is -1.21. The first-order chi connectivity index (χ1) is 9.65. The molecule has 3 rings (SSSR count). The first-order valence-corrected chi connectivity index (χ1v) is 6.61. The molecular formula is C16H14F3N. The summed E-state index contributed by atoms with van der Waals surface area (Å²) in [6.07, 6.45) is 2.01. The second-order valence-electron chi connectivity index (χ2n) is 5.11. The summed E-state index contributed by atoms with van der Waals surface area (Å²) in [7, 11) is 0. The van der Waals surface area contributed by atoms with Crippen LogP contribution in [-0.2, 0) is 0 Å². The molecule has 0 spiro atoms. The fourth-order valence-electron chi connectivity index (χ4n) is 2.36. The molecule has 0 heterocycles. The Morgan fingerprint density at radius 1 is 0.900 bits per heavy atom. The Morgan fingerprint density at radius 2 is 1.50 bits per heavy atom. The Morgan fingerprint density at radius 3 is 2.05 bits per heavy atom. The predicted octanol–water partition coefficient (Wildman–Crippen LogP) is 4.67. The Hall–Kier alpha value is -1.97. The lowest BCUT2D eigenvalue weighted by Gasteiger charge is -2.21. The zero-order valence-electron chi connectivity index (χ0n) is 10.7. The summed E-state index contributed by atoms with van der Waals surface area (Å²) < 4.78 is 40.4. The van der Waals surface area contributed by atoms with Crippen LogP contribution < -0.4 is 5.32 Å². The van der Waals surface area contributed by atoms with E-state index in [0.717, 1.165) is 18.4 Å². The van der Waals surface area contributed by atoms with Crippen molar-refractivity contribution in [1.29, 1.82) is 0 Å². The number of hydrogen-bond acceptors (Lipinski definition) is 1. The van der Waals surface area contributed by atoms with E-state index in [-0.39, 0.29) is 17.5 Å². The van der Waals surface area contributed by atoms with Crippen LogP contribution in [0.2, 0.25) is 0 Å². The van der Waals surface area contributed by atoms with Crippen molar-refractivity contribution in [2.45, 2.75) is 18.9 Å². The van der Waals surface area contributed by atoms with Gasteiger partial charge in [0, 0.05) is 0 Å². The molecule has 0 amide bonds. The van der Waals surface area contributed by atoms with E-state index in [1.807, 2.05) is 0 Å². The lowest BCUT2D eigenvalue weighted by Crippen LogP contribution is -2.15. The minimum atomic E-state index is -0.613. The molecule has 1 fully saturated rings. The molecule has 4 heteroatoms. The minimum Gasteiger partial charge on any atom is -0.373 e. The van der Waals surface area contributed by atoms with Gasteiger partial charge in [0.2, 0.25) is 0 Å². The Labute approximate surface area is 115 Å². The van der Waals surface area contributed by atoms with Crippen molar-refractivity contribution >= 4 is 5.69 Å². The molecule has 104 valence electrons. The molecule has 2 aromatic carbocycles. The average Bonchev–Trinajstić information content (AvgIpc) is 3.24. The molecule has 0 saturated heterocycles. The van der Waals surface area contributed by atoms with Crippen molar-refractivity contribution in [1.82, 2.24) is 0 Å². The van der Waals surface area contributed by atoms with Gasteiger partial charge in [-0.15, -0.1) is 0 Å². The molecule has 1 N–H and O–H groups in total. The van der Waals surface area contributed by atoms with E-state index in [1.54, 1.807) is 12.1 Å². The standard InChI is InChI=1S/C16H14F3N/c17-12-8-6-11(7-9-12)15(10-4-5-10)20-16-13(18)2-1-3-14(16)19/h1-3,6-10,15,20H,4-5H2. The largest absolute Gasteiger partial charge is 0.373 e.